The van der Waals surface area contributed by atoms with Crippen LogP contribution in [0.5, 0.6) is 0 Å². The lowest BCUT2D eigenvalue weighted by Gasteiger charge is -2.33. The van der Waals surface area contributed by atoms with E-state index >= 15 is 0 Å². The van der Waals surface area contributed by atoms with E-state index in [1.165, 1.54) is 25.8 Å². The molecule has 1 heterocycles. The zero-order valence-electron chi connectivity index (χ0n) is 10.4. The summed E-state index contributed by atoms with van der Waals surface area (Å²) in [6, 6.07) is 0.733. The Morgan fingerprint density at radius 1 is 1.44 bits per heavy atom. The van der Waals surface area contributed by atoms with Gasteiger partial charge in [0.25, 0.3) is 0 Å². The largest absolute Gasteiger partial charge is 0.394 e. The number of aliphatic hydroxyl groups excluding tert-OH is 2. The molecule has 0 bridgehead atoms. The molecule has 0 spiro atoms. The molecule has 0 amide bonds. The van der Waals surface area contributed by atoms with Gasteiger partial charge in [0, 0.05) is 12.6 Å². The minimum absolute atomic E-state index is 0.157. The summed E-state index contributed by atoms with van der Waals surface area (Å²) in [6.45, 7) is 5.94. The van der Waals surface area contributed by atoms with Gasteiger partial charge in [0.1, 0.15) is 0 Å². The van der Waals surface area contributed by atoms with Gasteiger partial charge in [-0.2, -0.15) is 0 Å². The Morgan fingerprint density at radius 2 is 2.25 bits per heavy atom. The van der Waals surface area contributed by atoms with E-state index < -0.39 is 6.10 Å². The van der Waals surface area contributed by atoms with Crippen LogP contribution >= 0.6 is 0 Å². The van der Waals surface area contributed by atoms with Crippen molar-refractivity contribution in [1.29, 1.82) is 0 Å². The summed E-state index contributed by atoms with van der Waals surface area (Å²) in [7, 11) is 0. The van der Waals surface area contributed by atoms with Crippen LogP contribution in [0.3, 0.4) is 0 Å². The van der Waals surface area contributed by atoms with Crippen molar-refractivity contribution >= 4 is 0 Å². The molecule has 0 radical (unpaired) electrons. The van der Waals surface area contributed by atoms with Gasteiger partial charge in [-0.3, -0.25) is 0 Å². The van der Waals surface area contributed by atoms with E-state index in [0.717, 1.165) is 25.6 Å². The first-order chi connectivity index (χ1) is 7.74. The molecule has 1 fully saturated rings. The fourth-order valence-corrected chi connectivity index (χ4v) is 2.23. The molecule has 0 aromatic carbocycles. The topological polar surface area (TPSA) is 55.7 Å². The number of nitrogens with one attached hydrogen (secondary N) is 1. The monoisotopic (exact) mass is 230 g/mol. The summed E-state index contributed by atoms with van der Waals surface area (Å²) in [5, 5.41) is 20.9. The van der Waals surface area contributed by atoms with E-state index in [9.17, 15) is 0 Å². The van der Waals surface area contributed by atoms with Gasteiger partial charge in [-0.05, 0) is 45.8 Å². The second kappa shape index (κ2) is 8.01. The Hall–Kier alpha value is -0.160. The molecule has 2 unspecified atom stereocenters. The molecule has 1 rings (SSSR count). The lowest BCUT2D eigenvalue weighted by atomic mass is 10.0. The van der Waals surface area contributed by atoms with Gasteiger partial charge in [0.05, 0.1) is 12.7 Å². The first kappa shape index (κ1) is 13.9. The second-order valence-corrected chi connectivity index (χ2v) is 4.77. The van der Waals surface area contributed by atoms with Crippen molar-refractivity contribution in [3.63, 3.8) is 0 Å². The van der Waals surface area contributed by atoms with E-state index in [1.807, 2.05) is 0 Å². The van der Waals surface area contributed by atoms with Crippen molar-refractivity contribution < 1.29 is 10.2 Å². The molecule has 16 heavy (non-hydrogen) atoms. The van der Waals surface area contributed by atoms with Crippen molar-refractivity contribution in [1.82, 2.24) is 10.2 Å². The van der Waals surface area contributed by atoms with Gasteiger partial charge in [0.2, 0.25) is 0 Å². The van der Waals surface area contributed by atoms with Crippen LogP contribution in [0.1, 0.15) is 32.6 Å². The van der Waals surface area contributed by atoms with E-state index in [1.54, 1.807) is 0 Å². The standard InChI is InChI=1S/C12H26N2O2/c1-11-5-2-3-7-14(11)8-4-6-13-9-12(16)10-15/h11-13,15-16H,2-10H2,1H3. The van der Waals surface area contributed by atoms with E-state index in [2.05, 4.69) is 17.1 Å². The fraction of sp³-hybridized carbons (Fsp3) is 1.00. The summed E-state index contributed by atoms with van der Waals surface area (Å²) in [5.74, 6) is 0. The Morgan fingerprint density at radius 3 is 2.94 bits per heavy atom. The molecule has 1 saturated heterocycles. The number of piperidine rings is 1. The third kappa shape index (κ3) is 5.25. The number of nitrogens with zero attached hydrogens (tertiary/aromatic N) is 1. The minimum atomic E-state index is -0.617. The highest BCUT2D eigenvalue weighted by Gasteiger charge is 2.16. The Labute approximate surface area is 98.6 Å². The summed E-state index contributed by atoms with van der Waals surface area (Å²) < 4.78 is 0. The van der Waals surface area contributed by atoms with Crippen LogP contribution in [0.2, 0.25) is 0 Å². The second-order valence-electron chi connectivity index (χ2n) is 4.77. The van der Waals surface area contributed by atoms with Crippen molar-refractivity contribution in [2.45, 2.75) is 44.8 Å². The van der Waals surface area contributed by atoms with E-state index in [4.69, 9.17) is 10.2 Å². The minimum Gasteiger partial charge on any atom is -0.394 e. The molecule has 3 N–H and O–H groups in total. The molecular formula is C12H26N2O2. The third-order valence-electron chi connectivity index (χ3n) is 3.33. The van der Waals surface area contributed by atoms with Crippen LogP contribution in [0.4, 0.5) is 0 Å². The van der Waals surface area contributed by atoms with Crippen LogP contribution in [-0.4, -0.2) is 60.0 Å². The van der Waals surface area contributed by atoms with Gasteiger partial charge >= 0.3 is 0 Å². The third-order valence-corrected chi connectivity index (χ3v) is 3.33. The molecule has 1 aliphatic rings. The zero-order valence-corrected chi connectivity index (χ0v) is 10.4. The van der Waals surface area contributed by atoms with Gasteiger partial charge in [-0.1, -0.05) is 6.42 Å². The number of hydrogen-bond donors (Lipinski definition) is 3. The molecule has 0 aliphatic carbocycles. The van der Waals surface area contributed by atoms with Crippen molar-refractivity contribution in [2.75, 3.05) is 32.8 Å². The highest BCUT2D eigenvalue weighted by atomic mass is 16.3. The molecule has 0 aromatic rings. The average molecular weight is 230 g/mol. The van der Waals surface area contributed by atoms with Gasteiger partial charge in [-0.15, -0.1) is 0 Å². The summed E-state index contributed by atoms with van der Waals surface area (Å²) in [6.07, 6.45) is 4.53. The number of likely N-dealkylation sites (tertiary alicyclic amines) is 1. The number of hydrogen-bond acceptors (Lipinski definition) is 4. The van der Waals surface area contributed by atoms with E-state index in [0.29, 0.717) is 6.54 Å². The SMILES string of the molecule is CC1CCCCN1CCCNCC(O)CO. The predicted octanol–water partition coefficient (Wildman–Crippen LogP) is 0.194. The lowest BCUT2D eigenvalue weighted by Crippen LogP contribution is -2.39. The van der Waals surface area contributed by atoms with Crippen LogP contribution in [-0.2, 0) is 0 Å². The fourth-order valence-electron chi connectivity index (χ4n) is 2.23. The van der Waals surface area contributed by atoms with Crippen LogP contribution in [0.15, 0.2) is 0 Å². The highest BCUT2D eigenvalue weighted by Crippen LogP contribution is 2.15. The Kier molecular flexibility index (Phi) is 6.96. The van der Waals surface area contributed by atoms with Crippen molar-refractivity contribution in [2.24, 2.45) is 0 Å². The maximum Gasteiger partial charge on any atom is 0.0894 e. The molecule has 2 atom stereocenters. The molecule has 1 aliphatic heterocycles. The molecular weight excluding hydrogens is 204 g/mol. The normalized spacial score (nSPS) is 24.6. The van der Waals surface area contributed by atoms with Crippen LogP contribution in [0, 0.1) is 0 Å². The predicted molar refractivity (Wildman–Crippen MR) is 65.5 cm³/mol. The first-order valence-electron chi connectivity index (χ1n) is 6.47. The first-order valence-corrected chi connectivity index (χ1v) is 6.47. The molecule has 4 nitrogen and oxygen atoms in total. The molecule has 4 heteroatoms. The maximum absolute atomic E-state index is 9.13. The summed E-state index contributed by atoms with van der Waals surface area (Å²) in [5.41, 5.74) is 0. The van der Waals surface area contributed by atoms with Crippen molar-refractivity contribution in [3.05, 3.63) is 0 Å². The van der Waals surface area contributed by atoms with Gasteiger partial charge < -0.3 is 20.4 Å². The summed E-state index contributed by atoms with van der Waals surface area (Å²) in [4.78, 5) is 2.55. The van der Waals surface area contributed by atoms with Crippen molar-refractivity contribution in [3.8, 4) is 0 Å². The van der Waals surface area contributed by atoms with Gasteiger partial charge in [0.15, 0.2) is 0 Å². The molecule has 0 saturated carbocycles. The summed E-state index contributed by atoms with van der Waals surface area (Å²) >= 11 is 0. The zero-order chi connectivity index (χ0) is 11.8. The Bertz CT molecular complexity index is 178. The number of aliphatic hydroxyl groups is 2. The Balaban J connectivity index is 1.97. The maximum atomic E-state index is 9.13. The quantitative estimate of drug-likeness (QED) is 0.547. The smallest absolute Gasteiger partial charge is 0.0894 e. The number of rotatable bonds is 7. The van der Waals surface area contributed by atoms with E-state index in [-0.39, 0.29) is 6.61 Å². The molecule has 96 valence electrons. The van der Waals surface area contributed by atoms with Crippen LogP contribution in [0.25, 0.3) is 0 Å². The van der Waals surface area contributed by atoms with Gasteiger partial charge in [-0.25, -0.2) is 0 Å². The molecule has 0 aromatic heterocycles. The lowest BCUT2D eigenvalue weighted by molar-refractivity contribution is 0.0938. The van der Waals surface area contributed by atoms with Crippen LogP contribution < -0.4 is 5.32 Å². The highest BCUT2D eigenvalue weighted by molar-refractivity contribution is 4.73. The average Bonchev–Trinajstić information content (AvgIpc) is 2.30.